The van der Waals surface area contributed by atoms with Crippen LogP contribution in [0.2, 0.25) is 0 Å². The number of hydrogen-bond acceptors (Lipinski definition) is 5. The van der Waals surface area contributed by atoms with Gasteiger partial charge in [-0.05, 0) is 31.0 Å². The van der Waals surface area contributed by atoms with Gasteiger partial charge in [-0.2, -0.15) is 0 Å². The minimum Gasteiger partial charge on any atom is -0.493 e. The summed E-state index contributed by atoms with van der Waals surface area (Å²) in [6, 6.07) is 8.97. The van der Waals surface area contributed by atoms with Crippen LogP contribution in [0.3, 0.4) is 0 Å². The van der Waals surface area contributed by atoms with Gasteiger partial charge in [-0.1, -0.05) is 6.07 Å². The van der Waals surface area contributed by atoms with Gasteiger partial charge in [0.25, 0.3) is 5.91 Å². The average Bonchev–Trinajstić information content (AvgIpc) is 2.77. The van der Waals surface area contributed by atoms with Crippen LogP contribution in [0.5, 0.6) is 17.2 Å². The molecule has 1 heterocycles. The Morgan fingerprint density at radius 3 is 2.17 bits per heavy atom. The van der Waals surface area contributed by atoms with E-state index in [9.17, 15) is 14.0 Å². The molecule has 30 heavy (non-hydrogen) atoms. The lowest BCUT2D eigenvalue weighted by Crippen LogP contribution is -2.41. The summed E-state index contributed by atoms with van der Waals surface area (Å²) in [5.41, 5.74) is 0.850. The van der Waals surface area contributed by atoms with Crippen LogP contribution in [-0.2, 0) is 4.79 Å². The molecule has 1 fully saturated rings. The zero-order chi connectivity index (χ0) is 21.7. The van der Waals surface area contributed by atoms with E-state index in [2.05, 4.69) is 5.32 Å². The summed E-state index contributed by atoms with van der Waals surface area (Å²) in [7, 11) is 4.53. The van der Waals surface area contributed by atoms with E-state index in [1.807, 2.05) is 0 Å². The van der Waals surface area contributed by atoms with E-state index in [1.54, 1.807) is 23.1 Å². The Kier molecular flexibility index (Phi) is 6.76. The number of methoxy groups -OCH3 is 3. The Labute approximate surface area is 174 Å². The summed E-state index contributed by atoms with van der Waals surface area (Å²) in [5, 5.41) is 2.89. The monoisotopic (exact) mass is 416 g/mol. The number of ether oxygens (including phenoxy) is 3. The molecular weight excluding hydrogens is 391 g/mol. The van der Waals surface area contributed by atoms with Crippen LogP contribution >= 0.6 is 0 Å². The summed E-state index contributed by atoms with van der Waals surface area (Å²) in [6.07, 6.45) is 1.05. The summed E-state index contributed by atoms with van der Waals surface area (Å²) in [5.74, 6) is 0.300. The number of benzene rings is 2. The van der Waals surface area contributed by atoms with Crippen molar-refractivity contribution in [3.8, 4) is 17.2 Å². The number of carbonyl (C=O) groups is 2. The van der Waals surface area contributed by atoms with Gasteiger partial charge in [0.2, 0.25) is 11.7 Å². The molecule has 1 saturated heterocycles. The first-order valence-corrected chi connectivity index (χ1v) is 9.62. The van der Waals surface area contributed by atoms with Crippen LogP contribution in [0.1, 0.15) is 23.2 Å². The van der Waals surface area contributed by atoms with Crippen molar-refractivity contribution in [2.45, 2.75) is 12.8 Å². The van der Waals surface area contributed by atoms with Gasteiger partial charge in [0, 0.05) is 42.4 Å². The van der Waals surface area contributed by atoms with Crippen molar-refractivity contribution in [3.05, 3.63) is 47.8 Å². The first-order chi connectivity index (χ1) is 14.5. The topological polar surface area (TPSA) is 77.1 Å². The van der Waals surface area contributed by atoms with Crippen LogP contribution in [-0.4, -0.2) is 51.1 Å². The van der Waals surface area contributed by atoms with Gasteiger partial charge >= 0.3 is 0 Å². The summed E-state index contributed by atoms with van der Waals surface area (Å²) >= 11 is 0. The van der Waals surface area contributed by atoms with Crippen molar-refractivity contribution in [1.82, 2.24) is 4.90 Å². The van der Waals surface area contributed by atoms with Crippen molar-refractivity contribution in [2.75, 3.05) is 39.7 Å². The van der Waals surface area contributed by atoms with Gasteiger partial charge in [-0.15, -0.1) is 0 Å². The Morgan fingerprint density at radius 2 is 1.63 bits per heavy atom. The number of likely N-dealkylation sites (tertiary alicyclic amines) is 1. The normalized spacial score (nSPS) is 14.2. The van der Waals surface area contributed by atoms with Crippen molar-refractivity contribution in [3.63, 3.8) is 0 Å². The molecule has 0 radical (unpaired) electrons. The molecule has 7 nitrogen and oxygen atoms in total. The Bertz CT molecular complexity index is 900. The van der Waals surface area contributed by atoms with Crippen LogP contribution in [0.15, 0.2) is 36.4 Å². The molecule has 0 bridgehead atoms. The highest BCUT2D eigenvalue weighted by Crippen LogP contribution is 2.40. The highest BCUT2D eigenvalue weighted by molar-refractivity contribution is 5.95. The number of rotatable bonds is 6. The first-order valence-electron chi connectivity index (χ1n) is 9.62. The van der Waals surface area contributed by atoms with Crippen LogP contribution in [0, 0.1) is 11.7 Å². The van der Waals surface area contributed by atoms with Gasteiger partial charge in [-0.3, -0.25) is 9.59 Å². The number of carbonyl (C=O) groups excluding carboxylic acids is 2. The molecule has 1 N–H and O–H groups in total. The van der Waals surface area contributed by atoms with Crippen molar-refractivity contribution < 1.29 is 28.2 Å². The fourth-order valence-corrected chi connectivity index (χ4v) is 3.55. The molecule has 160 valence electrons. The number of hydrogen-bond donors (Lipinski definition) is 1. The third-order valence-corrected chi connectivity index (χ3v) is 5.16. The second kappa shape index (κ2) is 9.47. The Hall–Kier alpha value is -3.29. The maximum Gasteiger partial charge on any atom is 0.253 e. The van der Waals surface area contributed by atoms with Gasteiger partial charge < -0.3 is 24.4 Å². The molecule has 1 aliphatic heterocycles. The SMILES string of the molecule is COc1cc(NC(=O)C2CCN(C(=O)c3cccc(F)c3)CC2)cc(OC)c1OC. The lowest BCUT2D eigenvalue weighted by Gasteiger charge is -2.31. The van der Waals surface area contributed by atoms with Crippen molar-refractivity contribution in [2.24, 2.45) is 5.92 Å². The molecule has 2 aromatic carbocycles. The van der Waals surface area contributed by atoms with Crippen LogP contribution < -0.4 is 19.5 Å². The molecule has 8 heteroatoms. The maximum atomic E-state index is 13.4. The zero-order valence-corrected chi connectivity index (χ0v) is 17.2. The van der Waals surface area contributed by atoms with E-state index in [-0.39, 0.29) is 17.7 Å². The maximum absolute atomic E-state index is 13.4. The smallest absolute Gasteiger partial charge is 0.253 e. The molecule has 0 spiro atoms. The molecule has 1 aliphatic rings. The van der Waals surface area contributed by atoms with Crippen LogP contribution in [0.25, 0.3) is 0 Å². The van der Waals surface area contributed by atoms with E-state index in [0.717, 1.165) is 0 Å². The van der Waals surface area contributed by atoms with E-state index < -0.39 is 5.82 Å². The van der Waals surface area contributed by atoms with Gasteiger partial charge in [0.1, 0.15) is 5.82 Å². The largest absolute Gasteiger partial charge is 0.493 e. The average molecular weight is 416 g/mol. The minimum atomic E-state index is -0.444. The Balaban J connectivity index is 1.62. The summed E-state index contributed by atoms with van der Waals surface area (Å²) in [4.78, 5) is 26.9. The van der Waals surface area contributed by atoms with Gasteiger partial charge in [0.05, 0.1) is 21.3 Å². The lowest BCUT2D eigenvalue weighted by molar-refractivity contribution is -0.121. The molecule has 0 atom stereocenters. The number of nitrogens with zero attached hydrogens (tertiary/aromatic N) is 1. The molecular formula is C22H25FN2O5. The predicted molar refractivity (Wildman–Crippen MR) is 110 cm³/mol. The second-order valence-electron chi connectivity index (χ2n) is 6.98. The third-order valence-electron chi connectivity index (χ3n) is 5.16. The molecule has 0 aliphatic carbocycles. The number of amides is 2. The van der Waals surface area contributed by atoms with Crippen molar-refractivity contribution in [1.29, 1.82) is 0 Å². The minimum absolute atomic E-state index is 0.137. The van der Waals surface area contributed by atoms with Crippen molar-refractivity contribution >= 4 is 17.5 Å². The van der Waals surface area contributed by atoms with E-state index >= 15 is 0 Å². The number of piperidine rings is 1. The molecule has 2 amide bonds. The Morgan fingerprint density at radius 1 is 1.00 bits per heavy atom. The quantitative estimate of drug-likeness (QED) is 0.782. The molecule has 0 aromatic heterocycles. The lowest BCUT2D eigenvalue weighted by atomic mass is 9.95. The fraction of sp³-hybridized carbons (Fsp3) is 0.364. The van der Waals surface area contributed by atoms with E-state index in [0.29, 0.717) is 54.4 Å². The number of nitrogens with one attached hydrogen (secondary N) is 1. The molecule has 3 rings (SSSR count). The third kappa shape index (κ3) is 4.64. The highest BCUT2D eigenvalue weighted by Gasteiger charge is 2.28. The van der Waals surface area contributed by atoms with Crippen LogP contribution in [0.4, 0.5) is 10.1 Å². The molecule has 2 aromatic rings. The van der Waals surface area contributed by atoms with E-state index in [4.69, 9.17) is 14.2 Å². The van der Waals surface area contributed by atoms with Gasteiger partial charge in [0.15, 0.2) is 11.5 Å². The zero-order valence-electron chi connectivity index (χ0n) is 17.2. The fourth-order valence-electron chi connectivity index (χ4n) is 3.55. The molecule has 0 unspecified atom stereocenters. The molecule has 0 saturated carbocycles. The number of anilines is 1. The number of halogens is 1. The second-order valence-corrected chi connectivity index (χ2v) is 6.98. The highest BCUT2D eigenvalue weighted by atomic mass is 19.1. The summed E-state index contributed by atoms with van der Waals surface area (Å²) in [6.45, 7) is 0.866. The van der Waals surface area contributed by atoms with E-state index in [1.165, 1.54) is 39.5 Å². The first kappa shape index (κ1) is 21.4. The van der Waals surface area contributed by atoms with Gasteiger partial charge in [-0.25, -0.2) is 4.39 Å². The predicted octanol–water partition coefficient (Wildman–Crippen LogP) is 3.34. The summed E-state index contributed by atoms with van der Waals surface area (Å²) < 4.78 is 29.3. The standard InChI is InChI=1S/C22H25FN2O5/c1-28-18-12-17(13-19(29-2)20(18)30-3)24-21(26)14-7-9-25(10-8-14)22(27)15-5-4-6-16(23)11-15/h4-6,11-14H,7-10H2,1-3H3,(H,24,26).